The molecule has 11 heteroatoms. The first-order valence-corrected chi connectivity index (χ1v) is 9.64. The minimum atomic E-state index is -3.21. The van der Waals surface area contributed by atoms with E-state index in [9.17, 15) is 13.2 Å². The number of aromatic nitrogens is 4. The molecule has 1 aromatic heterocycles. The highest BCUT2D eigenvalue weighted by Gasteiger charge is 2.37. The molecule has 2 atom stereocenters. The second kappa shape index (κ2) is 6.66. The van der Waals surface area contributed by atoms with Gasteiger partial charge in [-0.05, 0) is 17.3 Å². The maximum Gasteiger partial charge on any atom is 0.243 e. The Hall–Kier alpha value is -1.71. The van der Waals surface area contributed by atoms with Crippen LogP contribution in [0.1, 0.15) is 0 Å². The minimum absolute atomic E-state index is 0.141. The van der Waals surface area contributed by atoms with Gasteiger partial charge in [0.25, 0.3) is 0 Å². The molecule has 128 valence electrons. The number of hydrogen-bond donors (Lipinski definition) is 1. The van der Waals surface area contributed by atoms with E-state index in [0.717, 1.165) is 4.80 Å². The number of rotatable bonds is 4. The van der Waals surface area contributed by atoms with Gasteiger partial charge in [-0.1, -0.05) is 23.7 Å². The molecule has 0 spiro atoms. The predicted octanol–water partition coefficient (Wildman–Crippen LogP) is 0.514. The van der Waals surface area contributed by atoms with Gasteiger partial charge >= 0.3 is 0 Å². The lowest BCUT2D eigenvalue weighted by Crippen LogP contribution is -2.42. The fourth-order valence-corrected chi connectivity index (χ4v) is 5.15. The summed E-state index contributed by atoms with van der Waals surface area (Å²) in [7, 11) is -3.21. The van der Waals surface area contributed by atoms with Gasteiger partial charge in [0.15, 0.2) is 9.84 Å². The molecule has 2 heterocycles. The van der Waals surface area contributed by atoms with Crippen LogP contribution in [0.3, 0.4) is 0 Å². The summed E-state index contributed by atoms with van der Waals surface area (Å²) in [5, 5.41) is 14.2. The first-order chi connectivity index (χ1) is 11.3. The summed E-state index contributed by atoms with van der Waals surface area (Å²) in [5.74, 6) is -0.446. The molecule has 1 aromatic carbocycles. The first-order valence-electron chi connectivity index (χ1n) is 7.00. The van der Waals surface area contributed by atoms with Gasteiger partial charge in [0, 0.05) is 5.56 Å². The summed E-state index contributed by atoms with van der Waals surface area (Å²) in [6, 6.07) is 6.39. The molecule has 1 amide bonds. The van der Waals surface area contributed by atoms with Gasteiger partial charge in [-0.3, -0.25) is 4.79 Å². The van der Waals surface area contributed by atoms with Crippen LogP contribution in [-0.4, -0.2) is 57.5 Å². The number of halogens is 2. The molecule has 1 saturated heterocycles. The summed E-state index contributed by atoms with van der Waals surface area (Å²) in [6.45, 7) is -0.197. The van der Waals surface area contributed by atoms with E-state index in [1.54, 1.807) is 24.3 Å². The average Bonchev–Trinajstić information content (AvgIpc) is 3.03. The van der Waals surface area contributed by atoms with E-state index in [2.05, 4.69) is 20.7 Å². The van der Waals surface area contributed by atoms with Crippen molar-refractivity contribution < 1.29 is 13.2 Å². The molecule has 0 radical (unpaired) electrons. The van der Waals surface area contributed by atoms with Gasteiger partial charge in [-0.15, -0.1) is 21.8 Å². The molecule has 1 aliphatic rings. The molecule has 0 unspecified atom stereocenters. The number of benzene rings is 1. The van der Waals surface area contributed by atoms with Crippen molar-refractivity contribution in [1.29, 1.82) is 0 Å². The molecule has 3 rings (SSSR count). The highest BCUT2D eigenvalue weighted by Crippen LogP contribution is 2.23. The number of hydrogen-bond acceptors (Lipinski definition) is 6. The van der Waals surface area contributed by atoms with Gasteiger partial charge < -0.3 is 5.32 Å². The highest BCUT2D eigenvalue weighted by atomic mass is 35.5. The van der Waals surface area contributed by atoms with Crippen LogP contribution >= 0.6 is 23.2 Å². The molecule has 1 N–H and O–H groups in total. The Labute approximate surface area is 148 Å². The number of carbonyl (C=O) groups is 1. The third kappa shape index (κ3) is 3.85. The third-order valence-corrected chi connectivity index (χ3v) is 6.19. The number of alkyl halides is 1. The Morgan fingerprint density at radius 3 is 2.75 bits per heavy atom. The molecule has 24 heavy (non-hydrogen) atoms. The molecule has 1 fully saturated rings. The zero-order valence-electron chi connectivity index (χ0n) is 12.3. The van der Waals surface area contributed by atoms with Gasteiger partial charge in [-0.25, -0.2) is 8.42 Å². The zero-order valence-corrected chi connectivity index (χ0v) is 14.6. The van der Waals surface area contributed by atoms with Crippen molar-refractivity contribution in [3.63, 3.8) is 0 Å². The largest absolute Gasteiger partial charge is 0.349 e. The SMILES string of the molecule is O=C(Cn1nnc(-c2ccccc2Cl)n1)N[C@H]1CS(=O)(=O)C[C@@H]1Cl. The van der Waals surface area contributed by atoms with Gasteiger partial charge in [0.1, 0.15) is 6.54 Å². The average molecular weight is 390 g/mol. The van der Waals surface area contributed by atoms with E-state index in [1.165, 1.54) is 0 Å². The van der Waals surface area contributed by atoms with Crippen molar-refractivity contribution in [2.45, 2.75) is 18.0 Å². The number of nitrogens with one attached hydrogen (secondary N) is 1. The molecule has 0 saturated carbocycles. The maximum absolute atomic E-state index is 12.0. The second-order valence-electron chi connectivity index (χ2n) is 5.39. The Morgan fingerprint density at radius 1 is 1.33 bits per heavy atom. The number of carbonyl (C=O) groups excluding carboxylic acids is 1. The molecule has 0 bridgehead atoms. The molecule has 8 nitrogen and oxygen atoms in total. The Bertz CT molecular complexity index is 870. The zero-order chi connectivity index (χ0) is 17.3. The van der Waals surface area contributed by atoms with Crippen LogP contribution in [0.5, 0.6) is 0 Å². The van der Waals surface area contributed by atoms with Crippen molar-refractivity contribution in [2.75, 3.05) is 11.5 Å². The van der Waals surface area contributed by atoms with Crippen molar-refractivity contribution in [3.8, 4) is 11.4 Å². The molecule has 1 aliphatic heterocycles. The normalized spacial score (nSPS) is 22.4. The number of tetrazole rings is 1. The fraction of sp³-hybridized carbons (Fsp3) is 0.385. The lowest BCUT2D eigenvalue weighted by Gasteiger charge is -2.13. The molecular weight excluding hydrogens is 377 g/mol. The quantitative estimate of drug-likeness (QED) is 0.763. The molecule has 0 aliphatic carbocycles. The van der Waals surface area contributed by atoms with E-state index in [1.807, 2.05) is 0 Å². The third-order valence-electron chi connectivity index (χ3n) is 3.48. The van der Waals surface area contributed by atoms with Crippen LogP contribution in [0, 0.1) is 0 Å². The maximum atomic E-state index is 12.0. The van der Waals surface area contributed by atoms with Gasteiger partial charge in [-0.2, -0.15) is 4.80 Å². The van der Waals surface area contributed by atoms with Crippen molar-refractivity contribution in [3.05, 3.63) is 29.3 Å². The molecular formula is C13H13Cl2N5O3S. The summed E-state index contributed by atoms with van der Waals surface area (Å²) >= 11 is 12.0. The molecule has 2 aromatic rings. The van der Waals surface area contributed by atoms with Gasteiger partial charge in [0.05, 0.1) is 27.9 Å². The summed E-state index contributed by atoms with van der Waals surface area (Å²) in [4.78, 5) is 13.1. The van der Waals surface area contributed by atoms with Crippen LogP contribution < -0.4 is 5.32 Å². The minimum Gasteiger partial charge on any atom is -0.349 e. The van der Waals surface area contributed by atoms with Crippen molar-refractivity contribution >= 4 is 38.9 Å². The van der Waals surface area contributed by atoms with E-state index in [4.69, 9.17) is 23.2 Å². The lowest BCUT2D eigenvalue weighted by molar-refractivity contribution is -0.122. The van der Waals surface area contributed by atoms with Crippen LogP contribution in [0.15, 0.2) is 24.3 Å². The second-order valence-corrected chi connectivity index (χ2v) is 8.51. The Morgan fingerprint density at radius 2 is 2.08 bits per heavy atom. The van der Waals surface area contributed by atoms with Crippen LogP contribution in [0.25, 0.3) is 11.4 Å². The topological polar surface area (TPSA) is 107 Å². The van der Waals surface area contributed by atoms with E-state index in [0.29, 0.717) is 16.4 Å². The Balaban J connectivity index is 1.65. The summed E-state index contributed by atoms with van der Waals surface area (Å²) in [6.07, 6.45) is 0. The smallest absolute Gasteiger partial charge is 0.243 e. The predicted molar refractivity (Wildman–Crippen MR) is 88.5 cm³/mol. The van der Waals surface area contributed by atoms with Crippen molar-refractivity contribution in [1.82, 2.24) is 25.5 Å². The number of amides is 1. The number of sulfone groups is 1. The van der Waals surface area contributed by atoms with E-state index < -0.39 is 27.2 Å². The summed E-state index contributed by atoms with van der Waals surface area (Å²) in [5.41, 5.74) is 0.605. The number of nitrogens with zero attached hydrogens (tertiary/aromatic N) is 4. The van der Waals surface area contributed by atoms with E-state index in [-0.39, 0.29) is 18.1 Å². The first kappa shape index (κ1) is 17.1. The van der Waals surface area contributed by atoms with Crippen LogP contribution in [0.4, 0.5) is 0 Å². The standard InChI is InChI=1S/C13H13Cl2N5O3S/c14-9-4-2-1-3-8(9)13-17-19-20(18-13)5-12(21)16-11-7-24(22,23)6-10(11)15/h1-4,10-11H,5-7H2,(H,16,21)/t10-,11-/m0/s1. The van der Waals surface area contributed by atoms with Gasteiger partial charge in [0.2, 0.25) is 11.7 Å². The summed E-state index contributed by atoms with van der Waals surface area (Å²) < 4.78 is 23.0. The van der Waals surface area contributed by atoms with Crippen molar-refractivity contribution in [2.24, 2.45) is 0 Å². The fourth-order valence-electron chi connectivity index (χ4n) is 2.38. The van der Waals surface area contributed by atoms with Crippen LogP contribution in [0.2, 0.25) is 5.02 Å². The monoisotopic (exact) mass is 389 g/mol. The highest BCUT2D eigenvalue weighted by molar-refractivity contribution is 7.91. The Kier molecular flexibility index (Phi) is 4.75. The van der Waals surface area contributed by atoms with E-state index >= 15 is 0 Å². The van der Waals surface area contributed by atoms with Crippen LogP contribution in [-0.2, 0) is 21.2 Å². The lowest BCUT2D eigenvalue weighted by atomic mass is 10.2.